The number of imidazole rings is 1. The molecule has 0 aliphatic carbocycles. The third-order valence-corrected chi connectivity index (χ3v) is 3.70. The number of halogens is 1. The van der Waals surface area contributed by atoms with Crippen LogP contribution in [0.3, 0.4) is 0 Å². The first kappa shape index (κ1) is 13.1. The van der Waals surface area contributed by atoms with E-state index >= 15 is 0 Å². The van der Waals surface area contributed by atoms with Gasteiger partial charge in [0.1, 0.15) is 22.2 Å². The molecular formula is C15H11ClN4O2. The fraction of sp³-hybridized carbons (Fsp3) is 0.133. The topological polar surface area (TPSA) is 69.0 Å². The zero-order valence-electron chi connectivity index (χ0n) is 11.6. The Bertz CT molecular complexity index is 919. The van der Waals surface area contributed by atoms with E-state index in [0.717, 1.165) is 17.0 Å². The molecule has 2 aromatic heterocycles. The van der Waals surface area contributed by atoms with Crippen LogP contribution in [0.4, 0.5) is 5.69 Å². The summed E-state index contributed by atoms with van der Waals surface area (Å²) in [6.07, 6.45) is 0. The SMILES string of the molecule is Cc1nc2ccc(Cl)nc2n1-c1ccc2c(c1)OCC(=O)N2. The Hall–Kier alpha value is -2.60. The third kappa shape index (κ3) is 2.00. The number of fused-ring (bicyclic) bond motifs is 2. The molecule has 110 valence electrons. The van der Waals surface area contributed by atoms with Crippen molar-refractivity contribution >= 4 is 34.4 Å². The first-order valence-electron chi connectivity index (χ1n) is 6.70. The van der Waals surface area contributed by atoms with Crippen LogP contribution in [0.15, 0.2) is 30.3 Å². The molecule has 1 aromatic carbocycles. The predicted octanol–water partition coefficient (Wildman–Crippen LogP) is 2.71. The average Bonchev–Trinajstić information content (AvgIpc) is 2.82. The van der Waals surface area contributed by atoms with Gasteiger partial charge in [-0.05, 0) is 31.2 Å². The number of rotatable bonds is 1. The molecule has 0 fully saturated rings. The van der Waals surface area contributed by atoms with Crippen molar-refractivity contribution in [2.75, 3.05) is 11.9 Å². The van der Waals surface area contributed by atoms with Gasteiger partial charge in [0.2, 0.25) is 0 Å². The quantitative estimate of drug-likeness (QED) is 0.701. The monoisotopic (exact) mass is 314 g/mol. The van der Waals surface area contributed by atoms with Crippen LogP contribution in [-0.2, 0) is 4.79 Å². The molecular weight excluding hydrogens is 304 g/mol. The van der Waals surface area contributed by atoms with Crippen molar-refractivity contribution in [1.29, 1.82) is 0 Å². The highest BCUT2D eigenvalue weighted by Crippen LogP contribution is 2.31. The van der Waals surface area contributed by atoms with Gasteiger partial charge in [-0.3, -0.25) is 9.36 Å². The average molecular weight is 315 g/mol. The highest BCUT2D eigenvalue weighted by atomic mass is 35.5. The molecule has 3 aromatic rings. The van der Waals surface area contributed by atoms with Crippen molar-refractivity contribution < 1.29 is 9.53 Å². The number of carbonyl (C=O) groups is 1. The fourth-order valence-electron chi connectivity index (χ4n) is 2.56. The predicted molar refractivity (Wildman–Crippen MR) is 82.7 cm³/mol. The summed E-state index contributed by atoms with van der Waals surface area (Å²) in [6.45, 7) is 1.92. The first-order chi connectivity index (χ1) is 10.6. The number of ether oxygens (including phenoxy) is 1. The Morgan fingerprint density at radius 3 is 3.00 bits per heavy atom. The number of hydrogen-bond acceptors (Lipinski definition) is 4. The van der Waals surface area contributed by atoms with E-state index in [9.17, 15) is 4.79 Å². The molecule has 0 bridgehead atoms. The summed E-state index contributed by atoms with van der Waals surface area (Å²) in [5.74, 6) is 1.27. The number of hydrogen-bond donors (Lipinski definition) is 1. The van der Waals surface area contributed by atoms with E-state index < -0.39 is 0 Å². The van der Waals surface area contributed by atoms with Gasteiger partial charge in [-0.15, -0.1) is 0 Å². The van der Waals surface area contributed by atoms with Crippen molar-refractivity contribution in [1.82, 2.24) is 14.5 Å². The molecule has 0 unspecified atom stereocenters. The van der Waals surface area contributed by atoms with Gasteiger partial charge in [0.15, 0.2) is 12.3 Å². The second-order valence-corrected chi connectivity index (χ2v) is 5.38. The summed E-state index contributed by atoms with van der Waals surface area (Å²) < 4.78 is 7.36. The van der Waals surface area contributed by atoms with Crippen molar-refractivity contribution in [3.8, 4) is 11.4 Å². The summed E-state index contributed by atoms with van der Waals surface area (Å²) >= 11 is 5.99. The molecule has 1 aliphatic rings. The van der Waals surface area contributed by atoms with Gasteiger partial charge in [-0.1, -0.05) is 11.6 Å². The molecule has 0 atom stereocenters. The second-order valence-electron chi connectivity index (χ2n) is 4.99. The van der Waals surface area contributed by atoms with Gasteiger partial charge in [0, 0.05) is 6.07 Å². The molecule has 0 spiro atoms. The minimum Gasteiger partial charge on any atom is -0.482 e. The van der Waals surface area contributed by atoms with Crippen LogP contribution in [0, 0.1) is 6.92 Å². The maximum absolute atomic E-state index is 11.3. The van der Waals surface area contributed by atoms with E-state index in [0.29, 0.717) is 22.2 Å². The summed E-state index contributed by atoms with van der Waals surface area (Å²) in [5.41, 5.74) is 2.97. The maximum atomic E-state index is 11.3. The van der Waals surface area contributed by atoms with E-state index in [2.05, 4.69) is 15.3 Å². The molecule has 0 radical (unpaired) electrons. The summed E-state index contributed by atoms with van der Waals surface area (Å²) in [7, 11) is 0. The third-order valence-electron chi connectivity index (χ3n) is 3.49. The van der Waals surface area contributed by atoms with Gasteiger partial charge in [-0.25, -0.2) is 9.97 Å². The molecule has 6 nitrogen and oxygen atoms in total. The van der Waals surface area contributed by atoms with Crippen LogP contribution in [0.1, 0.15) is 5.82 Å². The number of benzene rings is 1. The van der Waals surface area contributed by atoms with Crippen LogP contribution in [-0.4, -0.2) is 27.0 Å². The lowest BCUT2D eigenvalue weighted by Crippen LogP contribution is -2.25. The number of nitrogens with one attached hydrogen (secondary N) is 1. The molecule has 22 heavy (non-hydrogen) atoms. The normalized spacial score (nSPS) is 13.6. The van der Waals surface area contributed by atoms with Gasteiger partial charge in [0.05, 0.1) is 11.4 Å². The molecule has 1 aliphatic heterocycles. The number of aryl methyl sites for hydroxylation is 1. The standard InChI is InChI=1S/C15H11ClN4O2/c1-8-17-11-4-5-13(16)19-15(11)20(8)9-2-3-10-12(6-9)22-7-14(21)18-10/h2-6H,7H2,1H3,(H,18,21). The Balaban J connectivity index is 1.90. The van der Waals surface area contributed by atoms with Crippen LogP contribution >= 0.6 is 11.6 Å². The van der Waals surface area contributed by atoms with Crippen molar-refractivity contribution in [2.45, 2.75) is 6.92 Å². The highest BCUT2D eigenvalue weighted by molar-refractivity contribution is 6.29. The maximum Gasteiger partial charge on any atom is 0.262 e. The molecule has 1 N–H and O–H groups in total. The Morgan fingerprint density at radius 2 is 2.14 bits per heavy atom. The summed E-state index contributed by atoms with van der Waals surface area (Å²) in [6, 6.07) is 9.09. The fourth-order valence-corrected chi connectivity index (χ4v) is 2.70. The zero-order chi connectivity index (χ0) is 15.3. The number of pyridine rings is 1. The van der Waals surface area contributed by atoms with Gasteiger partial charge in [-0.2, -0.15) is 0 Å². The van der Waals surface area contributed by atoms with E-state index in [1.165, 1.54) is 0 Å². The molecule has 1 amide bonds. The Labute approximate surface area is 130 Å². The van der Waals surface area contributed by atoms with Crippen LogP contribution in [0.25, 0.3) is 16.9 Å². The number of nitrogens with zero attached hydrogens (tertiary/aromatic N) is 3. The van der Waals surface area contributed by atoms with Crippen LogP contribution < -0.4 is 10.1 Å². The first-order valence-corrected chi connectivity index (χ1v) is 7.08. The van der Waals surface area contributed by atoms with Crippen LogP contribution in [0.2, 0.25) is 5.15 Å². The minimum absolute atomic E-state index is 0.0180. The van der Waals surface area contributed by atoms with Crippen molar-refractivity contribution in [3.63, 3.8) is 0 Å². The van der Waals surface area contributed by atoms with E-state index in [1.807, 2.05) is 29.7 Å². The largest absolute Gasteiger partial charge is 0.482 e. The summed E-state index contributed by atoms with van der Waals surface area (Å²) in [5, 5.41) is 3.18. The number of anilines is 1. The number of amides is 1. The Morgan fingerprint density at radius 1 is 1.27 bits per heavy atom. The smallest absolute Gasteiger partial charge is 0.262 e. The number of carbonyl (C=O) groups excluding carboxylic acids is 1. The van der Waals surface area contributed by atoms with E-state index in [4.69, 9.17) is 16.3 Å². The van der Waals surface area contributed by atoms with Gasteiger partial charge in [0.25, 0.3) is 5.91 Å². The molecule has 0 saturated carbocycles. The highest BCUT2D eigenvalue weighted by Gasteiger charge is 2.18. The van der Waals surface area contributed by atoms with E-state index in [1.54, 1.807) is 12.1 Å². The number of aromatic nitrogens is 3. The lowest BCUT2D eigenvalue weighted by Gasteiger charge is -2.19. The molecule has 7 heteroatoms. The minimum atomic E-state index is -0.155. The summed E-state index contributed by atoms with van der Waals surface area (Å²) in [4.78, 5) is 20.2. The van der Waals surface area contributed by atoms with Gasteiger partial charge >= 0.3 is 0 Å². The van der Waals surface area contributed by atoms with Crippen LogP contribution in [0.5, 0.6) is 5.75 Å². The second kappa shape index (κ2) is 4.71. The Kier molecular flexibility index (Phi) is 2.80. The van der Waals surface area contributed by atoms with E-state index in [-0.39, 0.29) is 12.5 Å². The molecule has 3 heterocycles. The molecule has 4 rings (SSSR count). The molecule has 0 saturated heterocycles. The van der Waals surface area contributed by atoms with Crippen molar-refractivity contribution in [3.05, 3.63) is 41.3 Å². The van der Waals surface area contributed by atoms with Gasteiger partial charge < -0.3 is 10.1 Å². The lowest BCUT2D eigenvalue weighted by molar-refractivity contribution is -0.118. The lowest BCUT2D eigenvalue weighted by atomic mass is 10.2. The zero-order valence-corrected chi connectivity index (χ0v) is 12.4. The van der Waals surface area contributed by atoms with Crippen molar-refractivity contribution in [2.24, 2.45) is 0 Å².